The number of rotatable bonds is 9. The maximum Gasteiger partial charge on any atom is 0.321 e. The van der Waals surface area contributed by atoms with Crippen LogP contribution in [0.1, 0.15) is 25.3 Å². The van der Waals surface area contributed by atoms with Gasteiger partial charge in [-0.2, -0.15) is 0 Å². The number of urea groups is 1. The molecule has 1 fully saturated rings. The summed E-state index contributed by atoms with van der Waals surface area (Å²) in [7, 11) is 1.84. The zero-order valence-corrected chi connectivity index (χ0v) is 22.7. The van der Waals surface area contributed by atoms with Crippen LogP contribution in [0.2, 0.25) is 0 Å². The van der Waals surface area contributed by atoms with Gasteiger partial charge < -0.3 is 24.8 Å². The van der Waals surface area contributed by atoms with Gasteiger partial charge in [0.15, 0.2) is 16.9 Å². The molecule has 3 N–H and O–H groups in total. The van der Waals surface area contributed by atoms with Crippen molar-refractivity contribution < 1.29 is 29.0 Å². The molecular weight excluding hydrogens is 536 g/mol. The number of ether oxygens (including phenoxy) is 2. The van der Waals surface area contributed by atoms with Gasteiger partial charge in [-0.3, -0.25) is 24.9 Å². The summed E-state index contributed by atoms with van der Waals surface area (Å²) in [4.78, 5) is 51.0. The number of amides is 2. The fraction of sp³-hybridized carbons (Fsp3) is 0.333. The van der Waals surface area contributed by atoms with Gasteiger partial charge in [-0.05, 0) is 36.8 Å². The van der Waals surface area contributed by atoms with Gasteiger partial charge in [-0.25, -0.2) is 9.78 Å². The second kappa shape index (κ2) is 11.4. The Balaban J connectivity index is 1.44. The number of carboxylic acid groups (broad SMARTS) is 1. The first-order chi connectivity index (χ1) is 19.3. The summed E-state index contributed by atoms with van der Waals surface area (Å²) >= 11 is 1.37. The van der Waals surface area contributed by atoms with Crippen LogP contribution in [0.3, 0.4) is 0 Å². The van der Waals surface area contributed by atoms with Gasteiger partial charge in [-0.15, -0.1) is 0 Å². The molecule has 2 aromatic heterocycles. The summed E-state index contributed by atoms with van der Waals surface area (Å²) < 4.78 is 11.9. The highest BCUT2D eigenvalue weighted by Gasteiger charge is 2.51. The highest BCUT2D eigenvalue weighted by Crippen LogP contribution is 2.38. The fourth-order valence-electron chi connectivity index (χ4n) is 4.55. The average molecular weight is 565 g/mol. The number of likely N-dealkylation sites (N-methyl/N-ethyl adjacent to an activating group) is 1. The van der Waals surface area contributed by atoms with Crippen molar-refractivity contribution in [3.8, 4) is 11.3 Å². The second-order valence-electron chi connectivity index (χ2n) is 9.42. The van der Waals surface area contributed by atoms with E-state index in [-0.39, 0.29) is 32.1 Å². The summed E-state index contributed by atoms with van der Waals surface area (Å²) in [5, 5.41) is 14.8. The van der Waals surface area contributed by atoms with Crippen molar-refractivity contribution >= 4 is 56.4 Å². The molecule has 0 bridgehead atoms. The number of nitrogens with one attached hydrogen (secondary N) is 2. The van der Waals surface area contributed by atoms with E-state index < -0.39 is 23.7 Å². The van der Waals surface area contributed by atoms with Crippen molar-refractivity contribution in [2.24, 2.45) is 4.99 Å². The molecule has 0 saturated carbocycles. The Bertz CT molecular complexity index is 1500. The molecule has 0 aliphatic carbocycles. The van der Waals surface area contributed by atoms with Crippen LogP contribution in [0.4, 0.5) is 9.93 Å². The van der Waals surface area contributed by atoms with Gasteiger partial charge >= 0.3 is 18.0 Å². The highest BCUT2D eigenvalue weighted by atomic mass is 32.1. The number of hydrogen-bond acceptors (Lipinski definition) is 10. The summed E-state index contributed by atoms with van der Waals surface area (Å²) in [6.07, 6.45) is 4.29. The minimum Gasteiger partial charge on any atom is -0.481 e. The first-order valence-electron chi connectivity index (χ1n) is 12.7. The number of nitrogens with zero attached hydrogens (tertiary/aromatic N) is 4. The van der Waals surface area contributed by atoms with E-state index in [0.29, 0.717) is 17.2 Å². The lowest BCUT2D eigenvalue weighted by Gasteiger charge is -2.47. The maximum absolute atomic E-state index is 12.3. The highest BCUT2D eigenvalue weighted by molar-refractivity contribution is 7.22. The van der Waals surface area contributed by atoms with Crippen molar-refractivity contribution in [1.29, 1.82) is 0 Å². The van der Waals surface area contributed by atoms with Gasteiger partial charge in [0.05, 0.1) is 42.0 Å². The number of anilines is 1. The third kappa shape index (κ3) is 5.65. The van der Waals surface area contributed by atoms with E-state index in [1.165, 1.54) is 11.3 Å². The first kappa shape index (κ1) is 27.2. The summed E-state index contributed by atoms with van der Waals surface area (Å²) in [6.45, 7) is 2.67. The zero-order valence-electron chi connectivity index (χ0n) is 21.9. The normalized spacial score (nSPS) is 17.6. The molecule has 2 aliphatic heterocycles. The molecule has 5 rings (SSSR count). The Hall–Kier alpha value is -4.36. The molecule has 0 spiro atoms. The number of carboxylic acids is 1. The van der Waals surface area contributed by atoms with Crippen LogP contribution < -0.4 is 10.6 Å². The second-order valence-corrected chi connectivity index (χ2v) is 10.4. The minimum atomic E-state index is -1.06. The molecule has 2 amide bonds. The smallest absolute Gasteiger partial charge is 0.321 e. The van der Waals surface area contributed by atoms with Crippen LogP contribution in [-0.2, 0) is 19.1 Å². The number of esters is 1. The molecule has 3 aromatic rings. The van der Waals surface area contributed by atoms with Gasteiger partial charge in [-0.1, -0.05) is 17.4 Å². The molecule has 13 heteroatoms. The Kier molecular flexibility index (Phi) is 7.76. The molecular formula is C27H28N6O6S. The van der Waals surface area contributed by atoms with Crippen LogP contribution in [0.15, 0.2) is 47.7 Å². The van der Waals surface area contributed by atoms with Gasteiger partial charge in [0.2, 0.25) is 0 Å². The molecule has 2 aliphatic rings. The molecule has 0 radical (unpaired) electrons. The van der Waals surface area contributed by atoms with Crippen LogP contribution in [0.25, 0.3) is 27.0 Å². The Morgan fingerprint density at radius 3 is 2.73 bits per heavy atom. The van der Waals surface area contributed by atoms with Gasteiger partial charge in [0, 0.05) is 43.3 Å². The number of thiazole rings is 1. The van der Waals surface area contributed by atoms with Gasteiger partial charge in [0.25, 0.3) is 0 Å². The number of fused-ring (bicyclic) bond motifs is 1. The zero-order chi connectivity index (χ0) is 28.3. The van der Waals surface area contributed by atoms with Crippen molar-refractivity contribution in [1.82, 2.24) is 20.2 Å². The molecule has 1 aromatic carbocycles. The summed E-state index contributed by atoms with van der Waals surface area (Å²) in [5.74, 6) is -1.67. The monoisotopic (exact) mass is 564 g/mol. The number of aliphatic imine (C=N–C) groups is 1. The number of allylic oxidation sites excluding steroid dienone is 1. The fourth-order valence-corrected chi connectivity index (χ4v) is 5.52. The quantitative estimate of drug-likeness (QED) is 0.332. The largest absolute Gasteiger partial charge is 0.481 e. The third-order valence-corrected chi connectivity index (χ3v) is 7.45. The van der Waals surface area contributed by atoms with Crippen LogP contribution in [0, 0.1) is 0 Å². The van der Waals surface area contributed by atoms with Crippen molar-refractivity contribution in [3.63, 3.8) is 0 Å². The summed E-state index contributed by atoms with van der Waals surface area (Å²) in [6, 6.07) is 9.29. The molecule has 12 nitrogen and oxygen atoms in total. The predicted molar refractivity (Wildman–Crippen MR) is 150 cm³/mol. The standard InChI is InChI=1S/C27H28N6O6S/c1-3-28-25(37)32-26-31-20-11-16(10-18(23(20)40-26)19-6-4-5-9-29-19)17-12-30-24(33(2)13-17)27(14-38-15-27)39-22(36)8-7-21(34)35/h4-6,9-13,24H,3,7-8,14-15H2,1-2H3,(H,34,35)(H2,28,31,32,37). The average Bonchev–Trinajstić information content (AvgIpc) is 3.32. The van der Waals surface area contributed by atoms with E-state index in [1.54, 1.807) is 12.4 Å². The number of carbonyl (C=O) groups excluding carboxylic acids is 2. The minimum absolute atomic E-state index is 0.164. The molecule has 1 saturated heterocycles. The lowest BCUT2D eigenvalue weighted by atomic mass is 9.94. The van der Waals surface area contributed by atoms with Crippen LogP contribution >= 0.6 is 11.3 Å². The Morgan fingerprint density at radius 2 is 2.08 bits per heavy atom. The topological polar surface area (TPSA) is 155 Å². The van der Waals surface area contributed by atoms with E-state index in [0.717, 1.165) is 27.1 Å². The van der Waals surface area contributed by atoms with E-state index in [1.807, 2.05) is 55.4 Å². The Morgan fingerprint density at radius 1 is 1.25 bits per heavy atom. The predicted octanol–water partition coefficient (Wildman–Crippen LogP) is 3.36. The van der Waals surface area contributed by atoms with E-state index in [2.05, 4.69) is 20.6 Å². The van der Waals surface area contributed by atoms with Crippen molar-refractivity contribution in [2.75, 3.05) is 32.1 Å². The molecule has 1 unspecified atom stereocenters. The van der Waals surface area contributed by atoms with E-state index >= 15 is 0 Å². The molecule has 1 atom stereocenters. The van der Waals surface area contributed by atoms with E-state index in [9.17, 15) is 14.4 Å². The molecule has 208 valence electrons. The lowest BCUT2D eigenvalue weighted by molar-refractivity contribution is -0.230. The van der Waals surface area contributed by atoms with Crippen molar-refractivity contribution in [3.05, 3.63) is 48.3 Å². The maximum atomic E-state index is 12.3. The van der Waals surface area contributed by atoms with Crippen LogP contribution in [0.5, 0.6) is 0 Å². The lowest BCUT2D eigenvalue weighted by Crippen LogP contribution is -2.64. The number of benzene rings is 1. The number of pyridine rings is 1. The number of hydrogen-bond donors (Lipinski definition) is 3. The number of aliphatic carboxylic acids is 1. The van der Waals surface area contributed by atoms with Crippen LogP contribution in [-0.4, -0.2) is 82.7 Å². The Labute approximate surface area is 233 Å². The first-order valence-corrected chi connectivity index (χ1v) is 13.5. The number of carbonyl (C=O) groups is 3. The SMILES string of the molecule is CCNC(=O)Nc1nc2cc(C3=CN(C)C(C4(OC(=O)CCC(=O)O)COC4)N=C3)cc(-c3ccccn3)c2s1. The van der Waals surface area contributed by atoms with Gasteiger partial charge in [0.1, 0.15) is 0 Å². The molecule has 40 heavy (non-hydrogen) atoms. The summed E-state index contributed by atoms with van der Waals surface area (Å²) in [5.41, 5.74) is 2.97. The number of aromatic nitrogens is 2. The third-order valence-electron chi connectivity index (χ3n) is 6.43. The van der Waals surface area contributed by atoms with Crippen molar-refractivity contribution in [2.45, 2.75) is 31.5 Å². The van der Waals surface area contributed by atoms with E-state index in [4.69, 9.17) is 19.6 Å². The molecule has 4 heterocycles.